The molecular formula is C16H20N2. The second-order valence-corrected chi connectivity index (χ2v) is 5.68. The van der Waals surface area contributed by atoms with E-state index in [1.54, 1.807) is 0 Å². The van der Waals surface area contributed by atoms with E-state index < -0.39 is 0 Å². The van der Waals surface area contributed by atoms with Gasteiger partial charge in [0.05, 0.1) is 11.6 Å². The molecule has 2 unspecified atom stereocenters. The summed E-state index contributed by atoms with van der Waals surface area (Å²) in [7, 11) is 0. The van der Waals surface area contributed by atoms with Crippen LogP contribution in [0.15, 0.2) is 24.3 Å². The fourth-order valence-corrected chi connectivity index (χ4v) is 3.67. The summed E-state index contributed by atoms with van der Waals surface area (Å²) < 4.78 is 0. The van der Waals surface area contributed by atoms with Crippen molar-refractivity contribution in [3.8, 4) is 6.07 Å². The van der Waals surface area contributed by atoms with Gasteiger partial charge in [-0.3, -0.25) is 4.90 Å². The van der Waals surface area contributed by atoms with Crippen molar-refractivity contribution in [2.45, 2.75) is 44.7 Å². The summed E-state index contributed by atoms with van der Waals surface area (Å²) in [6.07, 6.45) is 7.04. The van der Waals surface area contributed by atoms with Gasteiger partial charge in [-0.05, 0) is 55.8 Å². The SMILES string of the molecule is N#Cc1ccc(CN2CCCC3CCCC32)cc1. The Balaban J connectivity index is 1.69. The third-order valence-corrected chi connectivity index (χ3v) is 4.58. The van der Waals surface area contributed by atoms with Gasteiger partial charge in [-0.1, -0.05) is 18.6 Å². The zero-order chi connectivity index (χ0) is 12.4. The topological polar surface area (TPSA) is 27.0 Å². The van der Waals surface area contributed by atoms with Gasteiger partial charge in [-0.15, -0.1) is 0 Å². The van der Waals surface area contributed by atoms with E-state index in [1.165, 1.54) is 44.2 Å². The van der Waals surface area contributed by atoms with Crippen molar-refractivity contribution in [2.24, 2.45) is 5.92 Å². The molecule has 1 aromatic rings. The molecule has 2 heteroatoms. The first-order chi connectivity index (χ1) is 8.86. The van der Waals surface area contributed by atoms with Gasteiger partial charge >= 0.3 is 0 Å². The number of nitriles is 1. The van der Waals surface area contributed by atoms with Crippen LogP contribution in [-0.2, 0) is 6.54 Å². The molecule has 0 amide bonds. The molecular weight excluding hydrogens is 220 g/mol. The number of piperidine rings is 1. The van der Waals surface area contributed by atoms with Crippen LogP contribution in [0.25, 0.3) is 0 Å². The lowest BCUT2D eigenvalue weighted by Crippen LogP contribution is -2.41. The minimum absolute atomic E-state index is 0.760. The summed E-state index contributed by atoms with van der Waals surface area (Å²) in [4.78, 5) is 2.67. The van der Waals surface area contributed by atoms with Crippen molar-refractivity contribution in [1.82, 2.24) is 4.90 Å². The van der Waals surface area contributed by atoms with Crippen LogP contribution in [0.2, 0.25) is 0 Å². The lowest BCUT2D eigenvalue weighted by Gasteiger charge is -2.37. The highest BCUT2D eigenvalue weighted by atomic mass is 15.2. The molecule has 2 nitrogen and oxygen atoms in total. The Morgan fingerprint density at radius 1 is 1.11 bits per heavy atom. The molecule has 0 aromatic heterocycles. The number of nitrogens with zero attached hydrogens (tertiary/aromatic N) is 2. The van der Waals surface area contributed by atoms with Crippen LogP contribution in [0.4, 0.5) is 0 Å². The molecule has 1 saturated carbocycles. The van der Waals surface area contributed by atoms with E-state index in [0.717, 1.165) is 24.1 Å². The highest BCUT2D eigenvalue weighted by molar-refractivity contribution is 5.31. The molecule has 1 saturated heterocycles. The number of hydrogen-bond donors (Lipinski definition) is 0. The van der Waals surface area contributed by atoms with Crippen molar-refractivity contribution in [1.29, 1.82) is 5.26 Å². The first kappa shape index (κ1) is 11.7. The Kier molecular flexibility index (Phi) is 3.34. The average molecular weight is 240 g/mol. The zero-order valence-corrected chi connectivity index (χ0v) is 10.8. The lowest BCUT2D eigenvalue weighted by atomic mass is 9.91. The van der Waals surface area contributed by atoms with Crippen LogP contribution >= 0.6 is 0 Å². The number of hydrogen-bond acceptors (Lipinski definition) is 2. The van der Waals surface area contributed by atoms with E-state index in [0.29, 0.717) is 0 Å². The Hall–Kier alpha value is -1.33. The fourth-order valence-electron chi connectivity index (χ4n) is 3.67. The Labute approximate surface area is 109 Å². The smallest absolute Gasteiger partial charge is 0.0991 e. The Morgan fingerprint density at radius 2 is 1.89 bits per heavy atom. The number of rotatable bonds is 2. The van der Waals surface area contributed by atoms with Gasteiger partial charge in [0, 0.05) is 12.6 Å². The molecule has 1 aliphatic carbocycles. The standard InChI is InChI=1S/C16H20N2/c17-11-13-6-8-14(9-7-13)12-18-10-2-4-15-3-1-5-16(15)18/h6-9,15-16H,1-5,10,12H2. The molecule has 0 spiro atoms. The Bertz CT molecular complexity index is 443. The summed E-state index contributed by atoms with van der Waals surface area (Å²) in [6.45, 7) is 2.31. The number of likely N-dealkylation sites (tertiary alicyclic amines) is 1. The molecule has 0 N–H and O–H groups in total. The molecule has 3 rings (SSSR count). The minimum Gasteiger partial charge on any atom is -0.296 e. The highest BCUT2D eigenvalue weighted by Gasteiger charge is 2.34. The van der Waals surface area contributed by atoms with Gasteiger partial charge < -0.3 is 0 Å². The van der Waals surface area contributed by atoms with Gasteiger partial charge in [0.25, 0.3) is 0 Å². The summed E-state index contributed by atoms with van der Waals surface area (Å²) >= 11 is 0. The second-order valence-electron chi connectivity index (χ2n) is 5.68. The maximum absolute atomic E-state index is 8.81. The van der Waals surface area contributed by atoms with Crippen molar-refractivity contribution in [3.05, 3.63) is 35.4 Å². The summed E-state index contributed by atoms with van der Waals surface area (Å²) in [6, 6.07) is 11.1. The third kappa shape index (κ3) is 2.28. The predicted octanol–water partition coefficient (Wildman–Crippen LogP) is 3.32. The average Bonchev–Trinajstić information content (AvgIpc) is 2.89. The zero-order valence-electron chi connectivity index (χ0n) is 10.8. The van der Waals surface area contributed by atoms with E-state index >= 15 is 0 Å². The third-order valence-electron chi connectivity index (χ3n) is 4.58. The normalized spacial score (nSPS) is 27.7. The van der Waals surface area contributed by atoms with Crippen LogP contribution in [-0.4, -0.2) is 17.5 Å². The van der Waals surface area contributed by atoms with E-state index in [-0.39, 0.29) is 0 Å². The van der Waals surface area contributed by atoms with Gasteiger partial charge in [-0.2, -0.15) is 5.26 Å². The van der Waals surface area contributed by atoms with Crippen molar-refractivity contribution in [3.63, 3.8) is 0 Å². The molecule has 0 radical (unpaired) electrons. The van der Waals surface area contributed by atoms with Crippen LogP contribution in [0, 0.1) is 17.2 Å². The lowest BCUT2D eigenvalue weighted by molar-refractivity contribution is 0.106. The van der Waals surface area contributed by atoms with Crippen LogP contribution in [0.3, 0.4) is 0 Å². The molecule has 0 bridgehead atoms. The minimum atomic E-state index is 0.760. The molecule has 2 atom stereocenters. The maximum atomic E-state index is 8.81. The van der Waals surface area contributed by atoms with Crippen LogP contribution in [0.5, 0.6) is 0 Å². The Morgan fingerprint density at radius 3 is 2.67 bits per heavy atom. The molecule has 1 aromatic carbocycles. The van der Waals surface area contributed by atoms with E-state index in [2.05, 4.69) is 23.1 Å². The summed E-state index contributed by atoms with van der Waals surface area (Å²) in [5, 5.41) is 8.81. The van der Waals surface area contributed by atoms with Gasteiger partial charge in [0.15, 0.2) is 0 Å². The van der Waals surface area contributed by atoms with Crippen LogP contribution < -0.4 is 0 Å². The van der Waals surface area contributed by atoms with Crippen molar-refractivity contribution >= 4 is 0 Å². The maximum Gasteiger partial charge on any atom is 0.0991 e. The fraction of sp³-hybridized carbons (Fsp3) is 0.562. The van der Waals surface area contributed by atoms with Crippen LogP contribution in [0.1, 0.15) is 43.2 Å². The summed E-state index contributed by atoms with van der Waals surface area (Å²) in [5.74, 6) is 0.956. The summed E-state index contributed by atoms with van der Waals surface area (Å²) in [5.41, 5.74) is 2.11. The predicted molar refractivity (Wildman–Crippen MR) is 71.9 cm³/mol. The van der Waals surface area contributed by atoms with Crippen molar-refractivity contribution < 1.29 is 0 Å². The van der Waals surface area contributed by atoms with E-state index in [1.807, 2.05) is 12.1 Å². The molecule has 1 aliphatic heterocycles. The largest absolute Gasteiger partial charge is 0.296 e. The van der Waals surface area contributed by atoms with E-state index in [4.69, 9.17) is 5.26 Å². The van der Waals surface area contributed by atoms with Gasteiger partial charge in [-0.25, -0.2) is 0 Å². The first-order valence-electron chi connectivity index (χ1n) is 7.10. The highest BCUT2D eigenvalue weighted by Crippen LogP contribution is 2.37. The number of benzene rings is 1. The quantitative estimate of drug-likeness (QED) is 0.793. The van der Waals surface area contributed by atoms with Gasteiger partial charge in [0.2, 0.25) is 0 Å². The molecule has 1 heterocycles. The molecule has 94 valence electrons. The van der Waals surface area contributed by atoms with E-state index in [9.17, 15) is 0 Å². The second kappa shape index (κ2) is 5.12. The number of fused-ring (bicyclic) bond motifs is 1. The van der Waals surface area contributed by atoms with Crippen molar-refractivity contribution in [2.75, 3.05) is 6.54 Å². The monoisotopic (exact) mass is 240 g/mol. The molecule has 2 fully saturated rings. The first-order valence-corrected chi connectivity index (χ1v) is 7.10. The molecule has 18 heavy (non-hydrogen) atoms. The molecule has 2 aliphatic rings. The van der Waals surface area contributed by atoms with Gasteiger partial charge in [0.1, 0.15) is 0 Å².